The quantitative estimate of drug-likeness (QED) is 0.476. The zero-order chi connectivity index (χ0) is 13.2. The normalized spacial score (nSPS) is 10.8. The van der Waals surface area contributed by atoms with Crippen LogP contribution >= 0.6 is 11.3 Å². The molecule has 0 fully saturated rings. The number of hydrazine groups is 1. The molecule has 0 aliphatic rings. The average molecular weight is 276 g/mol. The fraction of sp³-hybridized carbons (Fsp3) is 0.200. The summed E-state index contributed by atoms with van der Waals surface area (Å²) in [6.07, 6.45) is 1.66. The lowest BCUT2D eigenvalue weighted by atomic mass is 10.4. The molecule has 98 valence electrons. The Balaban J connectivity index is 1.91. The van der Waals surface area contributed by atoms with Crippen LogP contribution in [0.1, 0.15) is 5.82 Å². The fourth-order valence-electron chi connectivity index (χ4n) is 1.68. The molecule has 4 N–H and O–H groups in total. The second kappa shape index (κ2) is 4.78. The van der Waals surface area contributed by atoms with Gasteiger partial charge in [-0.05, 0) is 11.4 Å². The average Bonchev–Trinajstić information content (AvgIpc) is 3.04. The van der Waals surface area contributed by atoms with Crippen LogP contribution in [-0.4, -0.2) is 24.7 Å². The third kappa shape index (κ3) is 2.20. The van der Waals surface area contributed by atoms with Crippen molar-refractivity contribution in [3.8, 4) is 0 Å². The van der Waals surface area contributed by atoms with E-state index in [1.807, 2.05) is 23.1 Å². The maximum absolute atomic E-state index is 5.37. The van der Waals surface area contributed by atoms with Crippen molar-refractivity contribution in [3.05, 3.63) is 23.6 Å². The van der Waals surface area contributed by atoms with Gasteiger partial charge in [0.05, 0.1) is 11.9 Å². The van der Waals surface area contributed by atoms with Gasteiger partial charge < -0.3 is 9.88 Å². The minimum absolute atomic E-state index is 0.385. The molecule has 0 aliphatic carbocycles. The van der Waals surface area contributed by atoms with E-state index in [9.17, 15) is 0 Å². The summed E-state index contributed by atoms with van der Waals surface area (Å²) in [5.74, 6) is 7.30. The molecule has 0 saturated carbocycles. The Morgan fingerprint density at radius 2 is 2.32 bits per heavy atom. The molecule has 0 saturated heterocycles. The van der Waals surface area contributed by atoms with Crippen LogP contribution in [-0.2, 0) is 13.6 Å². The number of nitrogens with zero attached hydrogens (tertiary/aromatic N) is 5. The maximum Gasteiger partial charge on any atom is 0.240 e. The summed E-state index contributed by atoms with van der Waals surface area (Å²) in [6.45, 7) is 0.530. The van der Waals surface area contributed by atoms with E-state index in [4.69, 9.17) is 5.84 Å². The van der Waals surface area contributed by atoms with Gasteiger partial charge in [-0.15, -0.1) is 21.5 Å². The lowest BCUT2D eigenvalue weighted by Crippen LogP contribution is -2.12. The number of fused-ring (bicyclic) bond motifs is 1. The number of hydrogen-bond acceptors (Lipinski definition) is 8. The molecule has 0 amide bonds. The fourth-order valence-corrected chi connectivity index (χ4v) is 2.45. The highest BCUT2D eigenvalue weighted by atomic mass is 32.1. The van der Waals surface area contributed by atoms with Gasteiger partial charge in [0.1, 0.15) is 17.0 Å². The first-order valence-corrected chi connectivity index (χ1v) is 6.44. The molecule has 3 heterocycles. The van der Waals surface area contributed by atoms with Gasteiger partial charge in [0.2, 0.25) is 5.95 Å². The van der Waals surface area contributed by atoms with Crippen molar-refractivity contribution in [2.75, 3.05) is 10.7 Å². The van der Waals surface area contributed by atoms with Crippen LogP contribution in [0, 0.1) is 0 Å². The SMILES string of the molecule is Cn1cnnc1CNc1nc(NN)nc2sccc12. The lowest BCUT2D eigenvalue weighted by Gasteiger charge is -2.07. The predicted molar refractivity (Wildman–Crippen MR) is 73.6 cm³/mol. The molecule has 0 aromatic carbocycles. The number of nitrogens with one attached hydrogen (secondary N) is 2. The Labute approximate surface area is 112 Å². The first-order chi connectivity index (χ1) is 9.28. The number of anilines is 2. The summed E-state index contributed by atoms with van der Waals surface area (Å²) in [5, 5.41) is 14.0. The number of hydrogen-bond donors (Lipinski definition) is 3. The molecule has 3 aromatic rings. The van der Waals surface area contributed by atoms with Gasteiger partial charge in [0.25, 0.3) is 0 Å². The summed E-state index contributed by atoms with van der Waals surface area (Å²) >= 11 is 1.54. The molecular formula is C10H12N8S. The summed E-state index contributed by atoms with van der Waals surface area (Å²) in [5.41, 5.74) is 2.47. The van der Waals surface area contributed by atoms with Gasteiger partial charge in [-0.2, -0.15) is 4.98 Å². The molecule has 0 spiro atoms. The Bertz CT molecular complexity index is 702. The molecule has 19 heavy (non-hydrogen) atoms. The first kappa shape index (κ1) is 11.8. The van der Waals surface area contributed by atoms with E-state index < -0.39 is 0 Å². The maximum atomic E-state index is 5.37. The summed E-state index contributed by atoms with van der Waals surface area (Å²) < 4.78 is 1.85. The highest BCUT2D eigenvalue weighted by molar-refractivity contribution is 7.16. The van der Waals surface area contributed by atoms with Gasteiger partial charge in [0, 0.05) is 7.05 Å². The van der Waals surface area contributed by atoms with Crippen molar-refractivity contribution in [3.63, 3.8) is 0 Å². The number of aromatic nitrogens is 5. The number of rotatable bonds is 4. The minimum atomic E-state index is 0.385. The minimum Gasteiger partial charge on any atom is -0.362 e. The standard InChI is InChI=1S/C10H12N8S/c1-18-5-13-17-7(18)4-12-8-6-2-3-19-9(6)15-10(14-8)16-11/h2-3,5H,4,11H2,1H3,(H2,12,14,15,16). The van der Waals surface area contributed by atoms with Crippen molar-refractivity contribution in [1.29, 1.82) is 0 Å². The number of nitrogen functional groups attached to an aromatic ring is 1. The van der Waals surface area contributed by atoms with Crippen LogP contribution in [0.2, 0.25) is 0 Å². The second-order valence-corrected chi connectivity index (χ2v) is 4.79. The lowest BCUT2D eigenvalue weighted by molar-refractivity contribution is 0.810. The Kier molecular flexibility index (Phi) is 2.97. The zero-order valence-corrected chi connectivity index (χ0v) is 11.0. The van der Waals surface area contributed by atoms with Gasteiger partial charge in [0.15, 0.2) is 5.82 Å². The largest absolute Gasteiger partial charge is 0.362 e. The molecule has 0 bridgehead atoms. The van der Waals surface area contributed by atoms with Gasteiger partial charge >= 0.3 is 0 Å². The van der Waals surface area contributed by atoms with Gasteiger partial charge in [-0.3, -0.25) is 5.43 Å². The molecular weight excluding hydrogens is 264 g/mol. The molecule has 0 radical (unpaired) electrons. The number of aryl methyl sites for hydroxylation is 1. The second-order valence-electron chi connectivity index (χ2n) is 3.89. The third-order valence-corrected chi connectivity index (χ3v) is 3.48. The molecule has 9 heteroatoms. The van der Waals surface area contributed by atoms with E-state index in [0.717, 1.165) is 21.9 Å². The third-order valence-electron chi connectivity index (χ3n) is 2.67. The Hall–Kier alpha value is -2.26. The molecule has 3 aromatic heterocycles. The van der Waals surface area contributed by atoms with E-state index in [2.05, 4.69) is 30.9 Å². The summed E-state index contributed by atoms with van der Waals surface area (Å²) in [6, 6.07) is 1.97. The molecule has 0 aliphatic heterocycles. The summed E-state index contributed by atoms with van der Waals surface area (Å²) in [7, 11) is 1.89. The van der Waals surface area contributed by atoms with Crippen molar-refractivity contribution in [2.45, 2.75) is 6.54 Å². The van der Waals surface area contributed by atoms with Crippen LogP contribution in [0.25, 0.3) is 10.2 Å². The monoisotopic (exact) mass is 276 g/mol. The molecule has 8 nitrogen and oxygen atoms in total. The van der Waals surface area contributed by atoms with E-state index in [-0.39, 0.29) is 0 Å². The highest BCUT2D eigenvalue weighted by Crippen LogP contribution is 2.26. The zero-order valence-electron chi connectivity index (χ0n) is 10.2. The van der Waals surface area contributed by atoms with E-state index in [1.54, 1.807) is 6.33 Å². The van der Waals surface area contributed by atoms with Crippen molar-refractivity contribution < 1.29 is 0 Å². The van der Waals surface area contributed by atoms with Crippen LogP contribution in [0.3, 0.4) is 0 Å². The van der Waals surface area contributed by atoms with Gasteiger partial charge in [-0.25, -0.2) is 10.8 Å². The molecule has 0 unspecified atom stereocenters. The first-order valence-electron chi connectivity index (χ1n) is 5.56. The molecule has 3 rings (SSSR count). The van der Waals surface area contributed by atoms with Crippen LogP contribution in [0.4, 0.5) is 11.8 Å². The van der Waals surface area contributed by atoms with Crippen molar-refractivity contribution in [1.82, 2.24) is 24.7 Å². The smallest absolute Gasteiger partial charge is 0.240 e. The predicted octanol–water partition coefficient (Wildman–Crippen LogP) is 0.717. The van der Waals surface area contributed by atoms with Gasteiger partial charge in [-0.1, -0.05) is 0 Å². The van der Waals surface area contributed by atoms with Crippen molar-refractivity contribution in [2.24, 2.45) is 12.9 Å². The van der Waals surface area contributed by atoms with Crippen molar-refractivity contribution >= 4 is 33.3 Å². The van der Waals surface area contributed by atoms with Crippen LogP contribution in [0.5, 0.6) is 0 Å². The Morgan fingerprint density at radius 3 is 3.05 bits per heavy atom. The van der Waals surface area contributed by atoms with Crippen LogP contribution in [0.15, 0.2) is 17.8 Å². The number of thiophene rings is 1. The summed E-state index contributed by atoms with van der Waals surface area (Å²) in [4.78, 5) is 9.46. The topological polar surface area (TPSA) is 107 Å². The van der Waals surface area contributed by atoms with E-state index >= 15 is 0 Å². The Morgan fingerprint density at radius 1 is 1.42 bits per heavy atom. The highest BCUT2D eigenvalue weighted by Gasteiger charge is 2.09. The number of nitrogens with two attached hydrogens (primary N) is 1. The van der Waals surface area contributed by atoms with E-state index in [0.29, 0.717) is 12.5 Å². The van der Waals surface area contributed by atoms with E-state index in [1.165, 1.54) is 11.3 Å². The molecule has 0 atom stereocenters. The van der Waals surface area contributed by atoms with Crippen LogP contribution < -0.4 is 16.6 Å².